The van der Waals surface area contributed by atoms with Crippen LogP contribution in [0.2, 0.25) is 0 Å². The Morgan fingerprint density at radius 1 is 1.04 bits per heavy atom. The zero-order chi connectivity index (χ0) is 18.1. The highest BCUT2D eigenvalue weighted by Crippen LogP contribution is 2.20. The van der Waals surface area contributed by atoms with E-state index in [1.165, 1.54) is 0 Å². The predicted molar refractivity (Wildman–Crippen MR) is 96.0 cm³/mol. The first kappa shape index (κ1) is 16.7. The molecule has 0 aliphatic carbocycles. The fourth-order valence-corrected chi connectivity index (χ4v) is 4.10. The number of hydrogen-bond acceptors (Lipinski definition) is 7. The lowest BCUT2D eigenvalue weighted by atomic mass is 10.1. The van der Waals surface area contributed by atoms with Gasteiger partial charge in [-0.15, -0.1) is 4.40 Å². The SMILES string of the molecule is O=C(C1=CC=CN2CCS(=O)(=O)N=C12)N1CCN(c2ncccn2)CC1. The number of allylic oxidation sites excluding steroid dienone is 2. The van der Waals surface area contributed by atoms with Crippen molar-refractivity contribution in [3.8, 4) is 0 Å². The maximum Gasteiger partial charge on any atom is 0.257 e. The summed E-state index contributed by atoms with van der Waals surface area (Å²) in [7, 11) is -3.52. The first-order chi connectivity index (χ1) is 12.5. The Bertz CT molecular complexity index is 901. The van der Waals surface area contributed by atoms with Gasteiger partial charge in [0.25, 0.3) is 15.9 Å². The summed E-state index contributed by atoms with van der Waals surface area (Å²) in [5.74, 6) is 0.618. The maximum absolute atomic E-state index is 12.9. The summed E-state index contributed by atoms with van der Waals surface area (Å²) in [6.07, 6.45) is 8.50. The smallest absolute Gasteiger partial charge is 0.257 e. The van der Waals surface area contributed by atoms with E-state index in [2.05, 4.69) is 14.4 Å². The number of hydrogen-bond donors (Lipinski definition) is 0. The number of fused-ring (bicyclic) bond motifs is 1. The van der Waals surface area contributed by atoms with Crippen molar-refractivity contribution in [2.24, 2.45) is 4.40 Å². The zero-order valence-electron chi connectivity index (χ0n) is 14.0. The van der Waals surface area contributed by atoms with Crippen LogP contribution < -0.4 is 4.90 Å². The molecule has 136 valence electrons. The summed E-state index contributed by atoms with van der Waals surface area (Å²) >= 11 is 0. The molecule has 1 amide bonds. The Hall–Kier alpha value is -2.75. The number of sulfonamides is 1. The molecule has 1 aromatic heterocycles. The van der Waals surface area contributed by atoms with Crippen LogP contribution in [0.15, 0.2) is 46.8 Å². The molecule has 0 unspecified atom stereocenters. The highest BCUT2D eigenvalue weighted by Gasteiger charge is 2.33. The van der Waals surface area contributed by atoms with E-state index < -0.39 is 10.0 Å². The predicted octanol–water partition coefficient (Wildman–Crippen LogP) is -0.377. The van der Waals surface area contributed by atoms with Gasteiger partial charge in [-0.25, -0.2) is 18.4 Å². The first-order valence-corrected chi connectivity index (χ1v) is 9.94. The van der Waals surface area contributed by atoms with E-state index in [0.29, 0.717) is 44.2 Å². The minimum absolute atomic E-state index is 0.0436. The Balaban J connectivity index is 1.49. The summed E-state index contributed by atoms with van der Waals surface area (Å²) in [5, 5.41) is 0. The second-order valence-corrected chi connectivity index (χ2v) is 7.90. The molecule has 9 nitrogen and oxygen atoms in total. The van der Waals surface area contributed by atoms with Gasteiger partial charge in [0.2, 0.25) is 5.95 Å². The Morgan fingerprint density at radius 3 is 2.50 bits per heavy atom. The fraction of sp³-hybridized carbons (Fsp3) is 0.375. The lowest BCUT2D eigenvalue weighted by molar-refractivity contribution is -0.126. The van der Waals surface area contributed by atoms with E-state index in [0.717, 1.165) is 0 Å². The molecule has 3 aliphatic rings. The van der Waals surface area contributed by atoms with Crippen LogP contribution in [-0.4, -0.2) is 78.4 Å². The molecule has 0 saturated carbocycles. The number of carbonyl (C=O) groups excluding carboxylic acids is 1. The molecule has 10 heteroatoms. The van der Waals surface area contributed by atoms with E-state index in [1.807, 2.05) is 4.90 Å². The van der Waals surface area contributed by atoms with Crippen molar-refractivity contribution in [1.29, 1.82) is 0 Å². The second kappa shape index (κ2) is 6.52. The normalized spacial score (nSPS) is 21.8. The molecule has 1 saturated heterocycles. The molecule has 0 bridgehead atoms. The molecule has 0 aromatic carbocycles. The molecule has 4 heterocycles. The van der Waals surface area contributed by atoms with Crippen molar-refractivity contribution in [1.82, 2.24) is 19.8 Å². The van der Waals surface area contributed by atoms with Crippen molar-refractivity contribution in [2.45, 2.75) is 0 Å². The van der Waals surface area contributed by atoms with E-state index >= 15 is 0 Å². The molecule has 0 atom stereocenters. The van der Waals surface area contributed by atoms with E-state index in [9.17, 15) is 13.2 Å². The average molecular weight is 374 g/mol. The quantitative estimate of drug-likeness (QED) is 0.696. The van der Waals surface area contributed by atoms with Crippen LogP contribution in [0.5, 0.6) is 0 Å². The fourth-order valence-electron chi connectivity index (χ4n) is 3.12. The number of rotatable bonds is 2. The summed E-state index contributed by atoms with van der Waals surface area (Å²) in [6, 6.07) is 1.76. The first-order valence-electron chi connectivity index (χ1n) is 8.33. The van der Waals surface area contributed by atoms with Gasteiger partial charge in [-0.2, -0.15) is 0 Å². The summed E-state index contributed by atoms with van der Waals surface area (Å²) < 4.78 is 27.5. The monoisotopic (exact) mass is 374 g/mol. The molecule has 0 spiro atoms. The van der Waals surface area contributed by atoms with E-state index in [4.69, 9.17) is 0 Å². The molecule has 4 rings (SSSR count). The van der Waals surface area contributed by atoms with Gasteiger partial charge in [-0.3, -0.25) is 4.79 Å². The second-order valence-electron chi connectivity index (χ2n) is 6.14. The topological polar surface area (TPSA) is 99.1 Å². The van der Waals surface area contributed by atoms with E-state index in [1.54, 1.807) is 46.6 Å². The number of amidine groups is 1. The Labute approximate surface area is 151 Å². The Kier molecular flexibility index (Phi) is 4.19. The van der Waals surface area contributed by atoms with Gasteiger partial charge in [-0.05, 0) is 18.2 Å². The standard InChI is InChI=1S/C16H18N6O3S/c23-15(13-3-1-6-20-11-12-26(24,25)19-14(13)20)21-7-9-22(10-8-21)16-17-4-2-5-18-16/h1-6H,7-12H2. The minimum atomic E-state index is -3.52. The lowest BCUT2D eigenvalue weighted by Crippen LogP contribution is -2.51. The van der Waals surface area contributed by atoms with Crippen LogP contribution >= 0.6 is 0 Å². The third kappa shape index (κ3) is 3.19. The number of aromatic nitrogens is 2. The lowest BCUT2D eigenvalue weighted by Gasteiger charge is -2.36. The molecule has 3 aliphatic heterocycles. The van der Waals surface area contributed by atoms with Crippen LogP contribution in [0.4, 0.5) is 5.95 Å². The van der Waals surface area contributed by atoms with Crippen LogP contribution in [0.1, 0.15) is 0 Å². The largest absolute Gasteiger partial charge is 0.337 e. The number of piperazine rings is 1. The van der Waals surface area contributed by atoms with Gasteiger partial charge < -0.3 is 14.7 Å². The molecule has 0 N–H and O–H groups in total. The van der Waals surface area contributed by atoms with Crippen molar-refractivity contribution in [3.05, 3.63) is 42.4 Å². The average Bonchev–Trinajstić information content (AvgIpc) is 2.67. The van der Waals surface area contributed by atoms with Crippen LogP contribution in [0.3, 0.4) is 0 Å². The van der Waals surface area contributed by atoms with Gasteiger partial charge in [0.05, 0.1) is 11.3 Å². The zero-order valence-corrected chi connectivity index (χ0v) is 14.8. The van der Waals surface area contributed by atoms with Crippen LogP contribution in [-0.2, 0) is 14.8 Å². The van der Waals surface area contributed by atoms with Gasteiger partial charge in [0, 0.05) is 51.3 Å². The number of anilines is 1. The molecule has 26 heavy (non-hydrogen) atoms. The summed E-state index contributed by atoms with van der Waals surface area (Å²) in [6.45, 7) is 2.57. The van der Waals surface area contributed by atoms with Gasteiger partial charge in [0.1, 0.15) is 0 Å². The van der Waals surface area contributed by atoms with Gasteiger partial charge >= 0.3 is 0 Å². The van der Waals surface area contributed by atoms with E-state index in [-0.39, 0.29) is 17.5 Å². The molecular formula is C16H18N6O3S. The Morgan fingerprint density at radius 2 is 1.77 bits per heavy atom. The van der Waals surface area contributed by atoms with Crippen molar-refractivity contribution in [3.63, 3.8) is 0 Å². The number of carbonyl (C=O) groups is 1. The molecule has 0 radical (unpaired) electrons. The maximum atomic E-state index is 12.9. The third-order valence-corrected chi connectivity index (χ3v) is 5.64. The van der Waals surface area contributed by atoms with Crippen molar-refractivity contribution in [2.75, 3.05) is 43.4 Å². The summed E-state index contributed by atoms with van der Waals surface area (Å²) in [5.41, 5.74) is 0.320. The molecule has 1 fully saturated rings. The molecule has 1 aromatic rings. The summed E-state index contributed by atoms with van der Waals surface area (Å²) in [4.78, 5) is 26.8. The number of nitrogens with zero attached hydrogens (tertiary/aromatic N) is 6. The highest BCUT2D eigenvalue weighted by molar-refractivity contribution is 7.90. The van der Waals surface area contributed by atoms with Gasteiger partial charge in [-0.1, -0.05) is 0 Å². The van der Waals surface area contributed by atoms with Crippen molar-refractivity contribution < 1.29 is 13.2 Å². The van der Waals surface area contributed by atoms with Crippen LogP contribution in [0.25, 0.3) is 0 Å². The van der Waals surface area contributed by atoms with Gasteiger partial charge in [0.15, 0.2) is 5.84 Å². The molecular weight excluding hydrogens is 356 g/mol. The number of amides is 1. The third-order valence-electron chi connectivity index (χ3n) is 4.49. The van der Waals surface area contributed by atoms with Crippen LogP contribution in [0, 0.1) is 0 Å². The van der Waals surface area contributed by atoms with Crippen molar-refractivity contribution >= 4 is 27.7 Å². The highest BCUT2D eigenvalue weighted by atomic mass is 32.2. The minimum Gasteiger partial charge on any atom is -0.337 e.